The van der Waals surface area contributed by atoms with Gasteiger partial charge in [-0.05, 0) is 64.9 Å². The summed E-state index contributed by atoms with van der Waals surface area (Å²) in [7, 11) is -18.4. The summed E-state index contributed by atoms with van der Waals surface area (Å²) in [6.45, 7) is 0. The van der Waals surface area contributed by atoms with E-state index in [2.05, 4.69) is 25.9 Å². The smallest absolute Gasteiger partial charge is 0.872 e. The van der Waals surface area contributed by atoms with Gasteiger partial charge in [0, 0.05) is 17.7 Å². The third-order valence-corrected chi connectivity index (χ3v) is 12.0. The molecule has 5 N–H and O–H groups in total. The zero-order valence-corrected chi connectivity index (χ0v) is 38.5. The number of ether oxygens (including phenoxy) is 2. The van der Waals surface area contributed by atoms with E-state index in [0.29, 0.717) is 41.3 Å². The molecule has 1 aliphatic rings. The number of rotatable bonds is 12. The average molecular weight is 976 g/mol. The van der Waals surface area contributed by atoms with Gasteiger partial charge in [-0.15, -0.1) is 16.0 Å². The Hall–Kier alpha value is -4.73. The second-order valence-corrected chi connectivity index (χ2v) is 18.2. The molecule has 5 aromatic rings. The molecule has 25 nitrogen and oxygen atoms in total. The summed E-state index contributed by atoms with van der Waals surface area (Å²) in [6.07, 6.45) is 0.577. The summed E-state index contributed by atoms with van der Waals surface area (Å²) in [6, 6.07) is 9.75. The molecule has 6 rings (SSSR count). The van der Waals surface area contributed by atoms with E-state index in [-0.39, 0.29) is 110 Å². The van der Waals surface area contributed by atoms with Crippen molar-refractivity contribution in [3.63, 3.8) is 0 Å². The molecule has 0 radical (unpaired) electrons. The van der Waals surface area contributed by atoms with Crippen LogP contribution in [-0.2, 0) is 40.5 Å². The monoisotopic (exact) mass is 975 g/mol. The van der Waals surface area contributed by atoms with E-state index >= 15 is 0 Å². The molecule has 0 bridgehead atoms. The van der Waals surface area contributed by atoms with Crippen molar-refractivity contribution in [3.8, 4) is 28.7 Å². The van der Waals surface area contributed by atoms with Crippen LogP contribution in [0.15, 0.2) is 107 Å². The third kappa shape index (κ3) is 12.5. The van der Waals surface area contributed by atoms with E-state index in [0.717, 1.165) is 19.2 Å². The summed E-state index contributed by atoms with van der Waals surface area (Å²) in [4.78, 5) is 9.28. The number of hydrogen-bond donors (Lipinski definition) is 5. The Kier molecular flexibility index (Phi) is 18.9. The quantitative estimate of drug-likeness (QED) is 0.0255. The molecular formula is C34H23Li4N6O19S4+. The van der Waals surface area contributed by atoms with E-state index in [1.165, 1.54) is 31.4 Å². The molecule has 0 heterocycles. The standard InChI is InChI=1S/C34H26N6O19S4.4Li/c1-58-25-11-17(3-5-21(25)35-37-31-27(62(52,53)54)9-15-7-19(60(46,47)48)13-23(41)29(15)33(31)43)39-40(45)18-4-6-22(26(12-18)59-2)36-38-32-28(63(55,56)57)10-16-8-20(61(49,50)51)14-24(42)30(16)34(32)44;;;;/h3-14,45H,1-2H3,(H7,36,41,42,43,44,46,47,48,49,50,51,52,53,54,55,56,57);;;;/q;4*+1/p-3. The first-order chi connectivity index (χ1) is 29.2. The normalized spacial score (nSPS) is 13.6. The maximum atomic E-state index is 13.3. The zero-order valence-electron chi connectivity index (χ0n) is 35.2. The summed E-state index contributed by atoms with van der Waals surface area (Å²) in [5.74, 6) is -5.50. The van der Waals surface area contributed by atoms with Crippen LogP contribution >= 0.6 is 0 Å². The Bertz CT molecular complexity index is 3430. The van der Waals surface area contributed by atoms with Crippen LogP contribution in [0.5, 0.6) is 28.7 Å². The minimum Gasteiger partial charge on any atom is -0.872 e. The zero-order chi connectivity index (χ0) is 46.6. The molecule has 0 saturated heterocycles. The first kappa shape index (κ1) is 58.4. The van der Waals surface area contributed by atoms with Crippen LogP contribution in [0.2, 0.25) is 0 Å². The van der Waals surface area contributed by atoms with Gasteiger partial charge in [-0.3, -0.25) is 29.1 Å². The molecule has 0 aromatic heterocycles. The number of Topliss-reactive ketones (excluding diaryl/α,β-unsaturated/α-hetero) is 1. The molecular weight excluding hydrogens is 952 g/mol. The van der Waals surface area contributed by atoms with Crippen molar-refractivity contribution in [1.29, 1.82) is 0 Å². The number of hydrazone groups is 1. The van der Waals surface area contributed by atoms with Crippen LogP contribution in [0.1, 0.15) is 15.9 Å². The number of methoxy groups -OCH3 is 2. The maximum absolute atomic E-state index is 13.3. The first-order valence-electron chi connectivity index (χ1n) is 16.5. The molecule has 0 spiro atoms. The number of allylic oxidation sites excluding steroid dienone is 1. The van der Waals surface area contributed by atoms with Crippen LogP contribution in [0.3, 0.4) is 0 Å². The van der Waals surface area contributed by atoms with Gasteiger partial charge in [0.05, 0.1) is 46.6 Å². The number of nitrogens with one attached hydrogen (secondary N) is 1. The van der Waals surface area contributed by atoms with Crippen molar-refractivity contribution < 1.29 is 167 Å². The Balaban J connectivity index is 0.00000385. The Morgan fingerprint density at radius 3 is 1.90 bits per heavy atom. The minimum absolute atomic E-state index is 0. The average Bonchev–Trinajstić information content (AvgIpc) is 3.18. The molecule has 0 aliphatic heterocycles. The van der Waals surface area contributed by atoms with Gasteiger partial charge < -0.3 is 29.3 Å². The number of ketones is 1. The summed E-state index contributed by atoms with van der Waals surface area (Å²) in [5.41, 5.74) is -1.48. The van der Waals surface area contributed by atoms with E-state index < -0.39 is 116 Å². The molecule has 330 valence electrons. The largest absolute Gasteiger partial charge is 1.00 e. The second kappa shape index (κ2) is 21.7. The number of benzene rings is 5. The van der Waals surface area contributed by atoms with Crippen molar-refractivity contribution >= 4 is 97.3 Å². The molecule has 0 unspecified atom stereocenters. The van der Waals surface area contributed by atoms with Crippen molar-refractivity contribution in [2.45, 2.75) is 14.7 Å². The fourth-order valence-corrected chi connectivity index (χ4v) is 8.16. The van der Waals surface area contributed by atoms with Crippen LogP contribution in [0.4, 0.5) is 28.4 Å². The molecule has 5 aromatic carbocycles. The van der Waals surface area contributed by atoms with Crippen molar-refractivity contribution in [3.05, 3.63) is 82.8 Å². The van der Waals surface area contributed by atoms with Crippen molar-refractivity contribution in [2.24, 2.45) is 20.4 Å². The third-order valence-electron chi connectivity index (χ3n) is 8.61. The molecule has 67 heavy (non-hydrogen) atoms. The molecule has 1 aliphatic carbocycles. The SMILES string of the molecule is COc1cc([N+](O)=Nc2ccc(NN=C3C(=O)c4c([O-])cc(S(=O)(=O)[O-])cc4C=C3S(=O)(=O)O)c(OC)c2)ccc1N=Nc1c(S(=O)(=O)O)cc2cc(S(=O)(=O)O)cc([O-])c2c1[O-].[Li+].[Li+].[Li+].[Li+]. The van der Waals surface area contributed by atoms with Crippen LogP contribution in [0.25, 0.3) is 16.8 Å². The fraction of sp³-hybridized carbons (Fsp3) is 0.0588. The van der Waals surface area contributed by atoms with Gasteiger partial charge >= 0.3 is 75.4 Å². The Morgan fingerprint density at radius 2 is 1.33 bits per heavy atom. The minimum atomic E-state index is -5.27. The number of fused-ring (bicyclic) bond motifs is 2. The number of carbonyl (C=O) groups excluding carboxylic acids is 1. The Labute approximate surface area is 427 Å². The topological polar surface area (TPSA) is 410 Å². The van der Waals surface area contributed by atoms with E-state index in [9.17, 15) is 77.2 Å². The van der Waals surface area contributed by atoms with Gasteiger partial charge in [-0.1, -0.05) is 17.6 Å². The molecule has 0 atom stereocenters. The fourth-order valence-electron chi connectivity index (χ4n) is 5.80. The number of nitrogens with zero attached hydrogens (tertiary/aromatic N) is 5. The number of azo groups is 2. The van der Waals surface area contributed by atoms with Gasteiger partial charge in [0.2, 0.25) is 5.78 Å². The van der Waals surface area contributed by atoms with Gasteiger partial charge in [0.25, 0.3) is 36.0 Å². The second-order valence-electron chi connectivity index (χ2n) is 12.6. The van der Waals surface area contributed by atoms with Crippen LogP contribution < -0.4 is 106 Å². The van der Waals surface area contributed by atoms with Crippen LogP contribution in [-0.4, -0.2) is 87.7 Å². The predicted octanol–water partition coefficient (Wildman–Crippen LogP) is -9.38. The van der Waals surface area contributed by atoms with E-state index in [1.54, 1.807) is 0 Å². The maximum Gasteiger partial charge on any atom is 1.00 e. The van der Waals surface area contributed by atoms with Gasteiger partial charge in [0.1, 0.15) is 41.9 Å². The summed E-state index contributed by atoms with van der Waals surface area (Å²) >= 11 is 0. The van der Waals surface area contributed by atoms with E-state index in [4.69, 9.17) is 9.47 Å². The van der Waals surface area contributed by atoms with Crippen LogP contribution in [0, 0.1) is 0 Å². The Morgan fingerprint density at radius 1 is 0.701 bits per heavy atom. The summed E-state index contributed by atoms with van der Waals surface area (Å²) in [5, 5.41) is 63.2. The predicted molar refractivity (Wildman–Crippen MR) is 205 cm³/mol. The molecule has 0 saturated carbocycles. The van der Waals surface area contributed by atoms with Gasteiger partial charge in [-0.2, -0.15) is 30.4 Å². The van der Waals surface area contributed by atoms with Crippen molar-refractivity contribution in [1.82, 2.24) is 0 Å². The number of anilines is 1. The van der Waals surface area contributed by atoms with Crippen molar-refractivity contribution in [2.75, 3.05) is 19.6 Å². The first-order valence-corrected chi connectivity index (χ1v) is 22.3. The van der Waals surface area contributed by atoms with Gasteiger partial charge in [-0.25, -0.2) is 8.42 Å². The molecule has 0 amide bonds. The number of carbonyl (C=O) groups is 1. The van der Waals surface area contributed by atoms with E-state index in [1.807, 2.05) is 0 Å². The number of hydrogen-bond acceptors (Lipinski definition) is 20. The molecule has 33 heteroatoms. The van der Waals surface area contributed by atoms with Gasteiger partial charge in [0.15, 0.2) is 11.5 Å². The summed E-state index contributed by atoms with van der Waals surface area (Å²) < 4.78 is 146. The molecule has 0 fully saturated rings.